The second-order valence-electron chi connectivity index (χ2n) is 4.06. The Morgan fingerprint density at radius 2 is 2.06 bits per heavy atom. The molecule has 92 valence electrons. The molecule has 0 aliphatic carbocycles. The monoisotopic (exact) mass is 276 g/mol. The van der Waals surface area contributed by atoms with Crippen LogP contribution in [0.4, 0.5) is 5.13 Å². The number of aromatic nitrogens is 1. The summed E-state index contributed by atoms with van der Waals surface area (Å²) in [5.74, 6) is 0.142. The van der Waals surface area contributed by atoms with Gasteiger partial charge in [0.25, 0.3) is 0 Å². The molecule has 2 aromatic rings. The van der Waals surface area contributed by atoms with Crippen molar-refractivity contribution in [2.75, 3.05) is 4.90 Å². The van der Waals surface area contributed by atoms with Crippen LogP contribution in [0.15, 0.2) is 41.9 Å². The first-order valence-corrected chi connectivity index (χ1v) is 7.52. The van der Waals surface area contributed by atoms with E-state index in [1.807, 2.05) is 35.4 Å². The van der Waals surface area contributed by atoms with Crippen LogP contribution in [0.25, 0.3) is 0 Å². The van der Waals surface area contributed by atoms with E-state index in [1.54, 1.807) is 18.0 Å². The van der Waals surface area contributed by atoms with Crippen LogP contribution in [0, 0.1) is 0 Å². The van der Waals surface area contributed by atoms with Crippen LogP contribution in [-0.2, 0) is 4.79 Å². The van der Waals surface area contributed by atoms with E-state index in [0.29, 0.717) is 0 Å². The fraction of sp³-hybridized carbons (Fsp3) is 0.231. The van der Waals surface area contributed by atoms with Gasteiger partial charge in [0.05, 0.1) is 5.25 Å². The van der Waals surface area contributed by atoms with Gasteiger partial charge < -0.3 is 0 Å². The largest absolute Gasteiger partial charge is 0.273 e. The molecule has 1 fully saturated rings. The first-order chi connectivity index (χ1) is 8.77. The minimum Gasteiger partial charge on any atom is -0.273 e. The van der Waals surface area contributed by atoms with Crippen LogP contribution in [-0.4, -0.2) is 16.1 Å². The third-order valence-electron chi connectivity index (χ3n) is 2.86. The first kappa shape index (κ1) is 11.7. The molecule has 0 saturated carbocycles. The summed E-state index contributed by atoms with van der Waals surface area (Å²) in [5.41, 5.74) is 1.15. The summed E-state index contributed by atoms with van der Waals surface area (Å²) in [4.78, 5) is 18.3. The first-order valence-electron chi connectivity index (χ1n) is 5.70. The molecule has 0 unspecified atom stereocenters. The minimum absolute atomic E-state index is 0.0147. The number of hydrogen-bond donors (Lipinski definition) is 0. The number of anilines is 1. The molecule has 2 heterocycles. The predicted molar refractivity (Wildman–Crippen MR) is 75.8 cm³/mol. The summed E-state index contributed by atoms with van der Waals surface area (Å²) in [6.07, 6.45) is 1.74. The molecule has 1 aromatic heterocycles. The lowest BCUT2D eigenvalue weighted by Crippen LogP contribution is -2.29. The molecule has 1 aliphatic rings. The van der Waals surface area contributed by atoms with Crippen molar-refractivity contribution in [3.63, 3.8) is 0 Å². The van der Waals surface area contributed by atoms with Gasteiger partial charge in [-0.3, -0.25) is 9.69 Å². The lowest BCUT2D eigenvalue weighted by atomic mass is 10.2. The number of carbonyl (C=O) groups is 1. The van der Waals surface area contributed by atoms with Gasteiger partial charge in [0.15, 0.2) is 5.13 Å². The third kappa shape index (κ3) is 1.93. The third-order valence-corrected chi connectivity index (χ3v) is 4.98. The maximum Gasteiger partial charge on any atom is 0.242 e. The maximum atomic E-state index is 12.3. The van der Waals surface area contributed by atoms with Gasteiger partial charge in [0.2, 0.25) is 5.91 Å². The van der Waals surface area contributed by atoms with Crippen molar-refractivity contribution in [3.05, 3.63) is 47.5 Å². The van der Waals surface area contributed by atoms with Crippen molar-refractivity contribution in [1.29, 1.82) is 0 Å². The minimum atomic E-state index is -0.0147. The second-order valence-corrected chi connectivity index (χ2v) is 6.36. The van der Waals surface area contributed by atoms with Gasteiger partial charge in [-0.25, -0.2) is 4.98 Å². The number of hydrogen-bond acceptors (Lipinski definition) is 4. The quantitative estimate of drug-likeness (QED) is 0.843. The number of thiazole rings is 1. The molecule has 1 aromatic carbocycles. The Hall–Kier alpha value is -1.33. The molecule has 0 radical (unpaired) electrons. The lowest BCUT2D eigenvalue weighted by Gasteiger charge is -2.21. The van der Waals surface area contributed by atoms with Gasteiger partial charge in [0.1, 0.15) is 5.37 Å². The highest BCUT2D eigenvalue weighted by atomic mass is 32.2. The highest BCUT2D eigenvalue weighted by Gasteiger charge is 2.40. The van der Waals surface area contributed by atoms with Gasteiger partial charge in [-0.1, -0.05) is 30.3 Å². The number of amides is 1. The van der Waals surface area contributed by atoms with Crippen LogP contribution in [0.1, 0.15) is 17.9 Å². The standard InChI is InChI=1S/C13H12N2OS2/c1-9-11(16)15(13-14-7-8-17-13)12(18-9)10-5-3-2-4-6-10/h2-9,12H,1H3/t9-,12+/m1/s1. The lowest BCUT2D eigenvalue weighted by molar-refractivity contribution is -0.117. The molecule has 1 aliphatic heterocycles. The Balaban J connectivity index is 2.01. The van der Waals surface area contributed by atoms with Crippen molar-refractivity contribution >= 4 is 34.1 Å². The van der Waals surface area contributed by atoms with Gasteiger partial charge >= 0.3 is 0 Å². The van der Waals surface area contributed by atoms with Crippen LogP contribution in [0.2, 0.25) is 0 Å². The van der Waals surface area contributed by atoms with Crippen LogP contribution < -0.4 is 4.90 Å². The summed E-state index contributed by atoms with van der Waals surface area (Å²) in [6.45, 7) is 1.95. The summed E-state index contributed by atoms with van der Waals surface area (Å²) >= 11 is 3.18. The topological polar surface area (TPSA) is 33.2 Å². The van der Waals surface area contributed by atoms with Crippen molar-refractivity contribution in [3.8, 4) is 0 Å². The van der Waals surface area contributed by atoms with Crippen molar-refractivity contribution in [2.24, 2.45) is 0 Å². The molecule has 0 N–H and O–H groups in total. The summed E-state index contributed by atoms with van der Waals surface area (Å²) < 4.78 is 0. The second kappa shape index (κ2) is 4.74. The zero-order chi connectivity index (χ0) is 12.5. The molecule has 1 amide bonds. The normalized spacial score (nSPS) is 23.6. The van der Waals surface area contributed by atoms with E-state index in [1.165, 1.54) is 11.3 Å². The average Bonchev–Trinajstić information content (AvgIpc) is 3.00. The Bertz CT molecular complexity index is 541. The van der Waals surface area contributed by atoms with E-state index < -0.39 is 0 Å². The van der Waals surface area contributed by atoms with E-state index in [2.05, 4.69) is 17.1 Å². The SMILES string of the molecule is C[C@H]1S[C@@H](c2ccccc2)N(c2nccs2)C1=O. The van der Waals surface area contributed by atoms with Crippen LogP contribution in [0.3, 0.4) is 0 Å². The number of nitrogens with zero attached hydrogens (tertiary/aromatic N) is 2. The van der Waals surface area contributed by atoms with E-state index in [-0.39, 0.29) is 16.5 Å². The van der Waals surface area contributed by atoms with Crippen molar-refractivity contribution < 1.29 is 4.79 Å². The zero-order valence-electron chi connectivity index (χ0n) is 9.82. The van der Waals surface area contributed by atoms with Gasteiger partial charge in [-0.15, -0.1) is 23.1 Å². The maximum absolute atomic E-state index is 12.3. The number of benzene rings is 1. The van der Waals surface area contributed by atoms with E-state index >= 15 is 0 Å². The van der Waals surface area contributed by atoms with Crippen LogP contribution >= 0.6 is 23.1 Å². The van der Waals surface area contributed by atoms with Crippen molar-refractivity contribution in [2.45, 2.75) is 17.5 Å². The summed E-state index contributed by atoms with van der Waals surface area (Å²) in [5, 5.41) is 2.71. The summed E-state index contributed by atoms with van der Waals surface area (Å²) in [7, 11) is 0. The fourth-order valence-electron chi connectivity index (χ4n) is 2.00. The smallest absolute Gasteiger partial charge is 0.242 e. The Labute approximate surface area is 114 Å². The zero-order valence-corrected chi connectivity index (χ0v) is 11.4. The number of thioether (sulfide) groups is 1. The van der Waals surface area contributed by atoms with Crippen molar-refractivity contribution in [1.82, 2.24) is 4.98 Å². The molecule has 5 heteroatoms. The fourth-order valence-corrected chi connectivity index (χ4v) is 4.00. The highest BCUT2D eigenvalue weighted by Crippen LogP contribution is 2.45. The number of rotatable bonds is 2. The van der Waals surface area contributed by atoms with E-state index in [0.717, 1.165) is 10.7 Å². The predicted octanol–water partition coefficient (Wildman–Crippen LogP) is 3.31. The molecule has 3 rings (SSSR count). The molecule has 2 atom stereocenters. The van der Waals surface area contributed by atoms with Gasteiger partial charge in [-0.2, -0.15) is 0 Å². The van der Waals surface area contributed by atoms with Gasteiger partial charge in [0, 0.05) is 11.6 Å². The molecular weight excluding hydrogens is 264 g/mol. The molecule has 18 heavy (non-hydrogen) atoms. The van der Waals surface area contributed by atoms with E-state index in [9.17, 15) is 4.79 Å². The van der Waals surface area contributed by atoms with E-state index in [4.69, 9.17) is 0 Å². The Kier molecular flexibility index (Phi) is 3.09. The van der Waals surface area contributed by atoms with Crippen LogP contribution in [0.5, 0.6) is 0 Å². The molecular formula is C13H12N2OS2. The molecule has 3 nitrogen and oxygen atoms in total. The Morgan fingerprint density at radius 3 is 2.72 bits per heavy atom. The highest BCUT2D eigenvalue weighted by molar-refractivity contribution is 8.01. The Morgan fingerprint density at radius 1 is 1.28 bits per heavy atom. The molecule has 0 bridgehead atoms. The molecule has 0 spiro atoms. The number of carbonyl (C=O) groups excluding carboxylic acids is 1. The average molecular weight is 276 g/mol. The molecule has 1 saturated heterocycles. The van der Waals surface area contributed by atoms with Gasteiger partial charge in [-0.05, 0) is 12.5 Å². The summed E-state index contributed by atoms with van der Waals surface area (Å²) in [6, 6.07) is 10.1.